The first-order chi connectivity index (χ1) is 14.4. The topological polar surface area (TPSA) is 87.2 Å². The molecule has 1 spiro atoms. The lowest BCUT2D eigenvalue weighted by atomic mass is 9.78. The molecule has 2 amide bonds. The molecule has 4 aliphatic rings. The predicted molar refractivity (Wildman–Crippen MR) is 114 cm³/mol. The second-order valence-electron chi connectivity index (χ2n) is 8.70. The number of cyclic esters (lactones) is 1. The molecule has 0 radical (unpaired) electrons. The van der Waals surface area contributed by atoms with Crippen LogP contribution in [0.1, 0.15) is 33.6 Å². The fourth-order valence-electron chi connectivity index (χ4n) is 5.34. The van der Waals surface area contributed by atoms with Gasteiger partial charge in [-0.15, -0.1) is 11.8 Å². The first-order valence-electron chi connectivity index (χ1n) is 10.8. The van der Waals surface area contributed by atoms with Gasteiger partial charge in [0.25, 0.3) is 0 Å². The quantitative estimate of drug-likeness (QED) is 0.531. The molecular formula is C22H30N2O5S. The third-order valence-electron chi connectivity index (χ3n) is 6.79. The number of hydrogen-bond donors (Lipinski definition) is 1. The number of rotatable bonds is 4. The maximum absolute atomic E-state index is 13.8. The van der Waals surface area contributed by atoms with E-state index in [0.717, 1.165) is 0 Å². The van der Waals surface area contributed by atoms with Crippen molar-refractivity contribution in [1.29, 1.82) is 0 Å². The number of amides is 2. The van der Waals surface area contributed by atoms with Crippen molar-refractivity contribution in [2.45, 2.75) is 61.7 Å². The van der Waals surface area contributed by atoms with Gasteiger partial charge in [-0.3, -0.25) is 14.4 Å². The van der Waals surface area contributed by atoms with Crippen LogP contribution in [0.5, 0.6) is 0 Å². The van der Waals surface area contributed by atoms with E-state index in [4.69, 9.17) is 4.74 Å². The van der Waals surface area contributed by atoms with Crippen molar-refractivity contribution in [3.8, 4) is 0 Å². The van der Waals surface area contributed by atoms with E-state index in [1.165, 1.54) is 11.8 Å². The zero-order valence-electron chi connectivity index (χ0n) is 17.7. The van der Waals surface area contributed by atoms with Gasteiger partial charge in [0.2, 0.25) is 11.8 Å². The Morgan fingerprint density at radius 1 is 1.27 bits per heavy atom. The minimum atomic E-state index is -0.844. The molecule has 1 unspecified atom stereocenters. The SMILES string of the molecule is CC[C@@H](CO)N1C(=O)[C@@H]2[C@H]3C(=O)OCCC=C[C@H]3S[C@@]23C=CCN(C(C)C)C(=O)C13. The molecule has 6 atom stereocenters. The third kappa shape index (κ3) is 3.02. The number of thioether (sulfide) groups is 1. The Hall–Kier alpha value is -1.80. The Labute approximate surface area is 181 Å². The van der Waals surface area contributed by atoms with Crippen molar-refractivity contribution in [1.82, 2.24) is 9.80 Å². The molecule has 4 rings (SSSR count). The predicted octanol–water partition coefficient (Wildman–Crippen LogP) is 1.36. The summed E-state index contributed by atoms with van der Waals surface area (Å²) >= 11 is 1.53. The lowest BCUT2D eigenvalue weighted by molar-refractivity contribution is -0.153. The standard InChI is InChI=1S/C22H30N2O5S/c1-4-14(12-25)24-18-20(27)23(13(2)3)10-7-9-22(18)17(19(24)26)16-15(30-22)8-5-6-11-29-21(16)28/h5,7-9,13-18,25H,4,6,10-12H2,1-3H3/t14-,15+,16-,17-,18?,22-/m0/s1. The van der Waals surface area contributed by atoms with Gasteiger partial charge in [-0.25, -0.2) is 0 Å². The Balaban J connectivity index is 1.87. The van der Waals surface area contributed by atoms with Gasteiger partial charge >= 0.3 is 5.97 Å². The van der Waals surface area contributed by atoms with Crippen LogP contribution in [0.25, 0.3) is 0 Å². The van der Waals surface area contributed by atoms with Crippen molar-refractivity contribution in [2.75, 3.05) is 19.8 Å². The van der Waals surface area contributed by atoms with Crippen molar-refractivity contribution in [2.24, 2.45) is 11.8 Å². The number of carbonyl (C=O) groups excluding carboxylic acids is 3. The highest BCUT2D eigenvalue weighted by Crippen LogP contribution is 2.61. The van der Waals surface area contributed by atoms with Gasteiger partial charge in [0.15, 0.2) is 0 Å². The van der Waals surface area contributed by atoms with Crippen LogP contribution in [-0.4, -0.2) is 80.6 Å². The fourth-order valence-corrected chi connectivity index (χ4v) is 7.32. The van der Waals surface area contributed by atoms with E-state index in [1.54, 1.807) is 9.80 Å². The molecule has 0 aromatic rings. The first-order valence-corrected chi connectivity index (χ1v) is 11.7. The number of carbonyl (C=O) groups is 3. The largest absolute Gasteiger partial charge is 0.465 e. The molecule has 0 aromatic heterocycles. The van der Waals surface area contributed by atoms with Crippen LogP contribution >= 0.6 is 11.8 Å². The van der Waals surface area contributed by atoms with Gasteiger partial charge in [-0.05, 0) is 26.7 Å². The van der Waals surface area contributed by atoms with Crippen LogP contribution < -0.4 is 0 Å². The van der Waals surface area contributed by atoms with Crippen LogP contribution in [0.3, 0.4) is 0 Å². The monoisotopic (exact) mass is 434 g/mol. The number of hydrogen-bond acceptors (Lipinski definition) is 6. The number of ether oxygens (including phenoxy) is 1. The summed E-state index contributed by atoms with van der Waals surface area (Å²) in [6, 6.07) is -1.23. The molecule has 0 aromatic carbocycles. The molecule has 1 N–H and O–H groups in total. The smallest absolute Gasteiger partial charge is 0.311 e. The highest BCUT2D eigenvalue weighted by molar-refractivity contribution is 8.02. The maximum Gasteiger partial charge on any atom is 0.311 e. The molecule has 4 aliphatic heterocycles. The van der Waals surface area contributed by atoms with E-state index in [2.05, 4.69) is 0 Å². The van der Waals surface area contributed by atoms with Gasteiger partial charge in [0.1, 0.15) is 6.04 Å². The summed E-state index contributed by atoms with van der Waals surface area (Å²) in [4.78, 5) is 43.9. The van der Waals surface area contributed by atoms with Gasteiger partial charge in [-0.2, -0.15) is 0 Å². The van der Waals surface area contributed by atoms with Crippen LogP contribution in [0, 0.1) is 11.8 Å². The maximum atomic E-state index is 13.8. The van der Waals surface area contributed by atoms with Gasteiger partial charge in [0.05, 0.1) is 35.8 Å². The number of esters is 1. The van der Waals surface area contributed by atoms with E-state index in [-0.39, 0.29) is 35.7 Å². The van der Waals surface area contributed by atoms with Crippen LogP contribution in [-0.2, 0) is 19.1 Å². The van der Waals surface area contributed by atoms with Crippen LogP contribution in [0.4, 0.5) is 0 Å². The number of fused-ring (bicyclic) bond motifs is 2. The Kier molecular flexibility index (Phi) is 5.74. The van der Waals surface area contributed by atoms with E-state index < -0.39 is 28.7 Å². The molecule has 30 heavy (non-hydrogen) atoms. The number of likely N-dealkylation sites (tertiary alicyclic amines) is 1. The second kappa shape index (κ2) is 8.04. The second-order valence-corrected chi connectivity index (χ2v) is 10.2. The molecule has 2 saturated heterocycles. The van der Waals surface area contributed by atoms with E-state index in [0.29, 0.717) is 26.0 Å². The normalized spacial score (nSPS) is 36.8. The summed E-state index contributed by atoms with van der Waals surface area (Å²) in [5.74, 6) is -2.02. The molecular weight excluding hydrogens is 404 g/mol. The summed E-state index contributed by atoms with van der Waals surface area (Å²) in [6.45, 7) is 6.37. The Bertz CT molecular complexity index is 792. The van der Waals surface area contributed by atoms with Crippen molar-refractivity contribution >= 4 is 29.5 Å². The minimum absolute atomic E-state index is 0.0209. The van der Waals surface area contributed by atoms with Crippen LogP contribution in [0.2, 0.25) is 0 Å². The fraction of sp³-hybridized carbons (Fsp3) is 0.682. The lowest BCUT2D eigenvalue weighted by Crippen LogP contribution is -2.57. The zero-order valence-corrected chi connectivity index (χ0v) is 18.5. The summed E-state index contributed by atoms with van der Waals surface area (Å²) in [5.41, 5.74) is 0. The zero-order chi connectivity index (χ0) is 21.6. The average molecular weight is 435 g/mol. The van der Waals surface area contributed by atoms with E-state index >= 15 is 0 Å². The van der Waals surface area contributed by atoms with Crippen molar-refractivity contribution < 1.29 is 24.2 Å². The van der Waals surface area contributed by atoms with E-state index in [9.17, 15) is 19.5 Å². The van der Waals surface area contributed by atoms with Crippen LogP contribution in [0.15, 0.2) is 24.3 Å². The molecule has 2 fully saturated rings. The third-order valence-corrected chi connectivity index (χ3v) is 8.53. The molecule has 0 saturated carbocycles. The lowest BCUT2D eigenvalue weighted by Gasteiger charge is -2.39. The average Bonchev–Trinajstić information content (AvgIpc) is 3.07. The molecule has 8 heteroatoms. The number of nitrogens with zero attached hydrogens (tertiary/aromatic N) is 2. The Morgan fingerprint density at radius 2 is 2.03 bits per heavy atom. The summed E-state index contributed by atoms with van der Waals surface area (Å²) < 4.78 is 4.61. The van der Waals surface area contributed by atoms with Crippen molar-refractivity contribution in [3.05, 3.63) is 24.3 Å². The highest BCUT2D eigenvalue weighted by atomic mass is 32.2. The molecule has 0 aliphatic carbocycles. The summed E-state index contributed by atoms with van der Waals surface area (Å²) in [5, 5.41) is 9.79. The Morgan fingerprint density at radius 3 is 2.70 bits per heavy atom. The van der Waals surface area contributed by atoms with Crippen molar-refractivity contribution in [3.63, 3.8) is 0 Å². The van der Waals surface area contributed by atoms with E-state index in [1.807, 2.05) is 45.1 Å². The molecule has 0 bridgehead atoms. The van der Waals surface area contributed by atoms with Gasteiger partial charge in [0, 0.05) is 17.8 Å². The number of aliphatic hydroxyl groups excluding tert-OH is 1. The molecule has 7 nitrogen and oxygen atoms in total. The molecule has 164 valence electrons. The first kappa shape index (κ1) is 21.4. The summed E-state index contributed by atoms with van der Waals surface area (Å²) in [7, 11) is 0. The molecule has 4 heterocycles. The minimum Gasteiger partial charge on any atom is -0.465 e. The number of aliphatic hydroxyl groups is 1. The summed E-state index contributed by atoms with van der Waals surface area (Å²) in [6.07, 6.45) is 9.13. The van der Waals surface area contributed by atoms with Gasteiger partial charge in [-0.1, -0.05) is 31.2 Å². The van der Waals surface area contributed by atoms with Gasteiger partial charge < -0.3 is 19.6 Å². The highest BCUT2D eigenvalue weighted by Gasteiger charge is 2.71.